The van der Waals surface area contributed by atoms with E-state index in [1.807, 2.05) is 43.3 Å². The zero-order chi connectivity index (χ0) is 20.3. The molecule has 1 N–H and O–H groups in total. The minimum atomic E-state index is -0.566. The van der Waals surface area contributed by atoms with Gasteiger partial charge < -0.3 is 10.2 Å². The Balaban J connectivity index is 1.76. The van der Waals surface area contributed by atoms with Crippen LogP contribution in [0.15, 0.2) is 36.4 Å². The van der Waals surface area contributed by atoms with E-state index in [9.17, 15) is 9.59 Å². The molecule has 1 aromatic heterocycles. The molecule has 6 nitrogen and oxygen atoms in total. The van der Waals surface area contributed by atoms with Crippen LogP contribution < -0.4 is 5.32 Å². The van der Waals surface area contributed by atoms with Crippen molar-refractivity contribution in [1.29, 1.82) is 0 Å². The van der Waals surface area contributed by atoms with Crippen LogP contribution in [0.2, 0.25) is 0 Å². The van der Waals surface area contributed by atoms with E-state index in [1.165, 1.54) is 0 Å². The van der Waals surface area contributed by atoms with Crippen LogP contribution in [0.1, 0.15) is 42.5 Å². The molecule has 6 heteroatoms. The van der Waals surface area contributed by atoms with Gasteiger partial charge in [-0.15, -0.1) is 0 Å². The van der Waals surface area contributed by atoms with Gasteiger partial charge in [0.15, 0.2) is 0 Å². The van der Waals surface area contributed by atoms with Crippen molar-refractivity contribution in [2.75, 3.05) is 20.1 Å². The van der Waals surface area contributed by atoms with E-state index in [2.05, 4.69) is 24.3 Å². The number of hydrogen-bond donors (Lipinski definition) is 1. The topological polar surface area (TPSA) is 67.2 Å². The Labute approximate surface area is 166 Å². The van der Waals surface area contributed by atoms with Crippen molar-refractivity contribution >= 4 is 11.8 Å². The Hall–Kier alpha value is -2.63. The molecule has 1 aliphatic rings. The van der Waals surface area contributed by atoms with Crippen LogP contribution in [0.5, 0.6) is 0 Å². The van der Waals surface area contributed by atoms with Crippen molar-refractivity contribution in [3.8, 4) is 0 Å². The normalized spacial score (nSPS) is 15.4. The molecule has 1 aliphatic heterocycles. The highest BCUT2D eigenvalue weighted by Gasteiger charge is 2.51. The van der Waals surface area contributed by atoms with E-state index in [0.717, 1.165) is 17.7 Å². The molecular weight excluding hydrogens is 352 g/mol. The van der Waals surface area contributed by atoms with Crippen molar-refractivity contribution in [3.63, 3.8) is 0 Å². The van der Waals surface area contributed by atoms with Gasteiger partial charge >= 0.3 is 0 Å². The molecule has 150 valence electrons. The van der Waals surface area contributed by atoms with Gasteiger partial charge in [-0.05, 0) is 37.3 Å². The Bertz CT molecular complexity index is 835. The summed E-state index contributed by atoms with van der Waals surface area (Å²) in [4.78, 5) is 27.5. The summed E-state index contributed by atoms with van der Waals surface area (Å²) in [5.41, 5.74) is 2.10. The van der Waals surface area contributed by atoms with Crippen molar-refractivity contribution < 1.29 is 9.59 Å². The third-order valence-corrected chi connectivity index (χ3v) is 5.33. The van der Waals surface area contributed by atoms with Crippen LogP contribution in [0.25, 0.3) is 0 Å². The fourth-order valence-electron chi connectivity index (χ4n) is 3.98. The van der Waals surface area contributed by atoms with Crippen LogP contribution >= 0.6 is 0 Å². The molecule has 0 spiro atoms. The van der Waals surface area contributed by atoms with Crippen molar-refractivity contribution in [1.82, 2.24) is 20.0 Å². The van der Waals surface area contributed by atoms with Crippen molar-refractivity contribution in [2.24, 2.45) is 11.3 Å². The Morgan fingerprint density at radius 2 is 1.89 bits per heavy atom. The fraction of sp³-hybridized carbons (Fsp3) is 0.500. The van der Waals surface area contributed by atoms with Gasteiger partial charge in [0.1, 0.15) is 5.69 Å². The van der Waals surface area contributed by atoms with Crippen molar-refractivity contribution in [3.05, 3.63) is 53.3 Å². The lowest BCUT2D eigenvalue weighted by atomic mass is 9.73. The first kappa shape index (κ1) is 20.1. The number of nitrogens with zero attached hydrogens (tertiary/aromatic N) is 3. The molecule has 0 saturated carbocycles. The lowest BCUT2D eigenvalue weighted by molar-refractivity contribution is -0.138. The molecule has 1 saturated heterocycles. The monoisotopic (exact) mass is 382 g/mol. The highest BCUT2D eigenvalue weighted by molar-refractivity contribution is 5.96. The molecule has 1 aromatic carbocycles. The second kappa shape index (κ2) is 8.17. The van der Waals surface area contributed by atoms with Crippen molar-refractivity contribution in [2.45, 2.75) is 40.2 Å². The zero-order valence-electron chi connectivity index (χ0n) is 17.2. The number of rotatable bonds is 7. The Morgan fingerprint density at radius 3 is 2.46 bits per heavy atom. The second-order valence-corrected chi connectivity index (χ2v) is 8.12. The minimum absolute atomic E-state index is 0.00935. The SMILES string of the molecule is CCn1nc(CC(C)C)cc1C(=O)N1CC(Cc2ccccc2)(C(=O)NC)C1. The molecular formula is C22H30N4O2. The summed E-state index contributed by atoms with van der Waals surface area (Å²) in [6, 6.07) is 11.9. The number of likely N-dealkylation sites (tertiary alicyclic amines) is 1. The number of amides is 2. The number of hydrogen-bond acceptors (Lipinski definition) is 3. The van der Waals surface area contributed by atoms with Gasteiger partial charge in [-0.2, -0.15) is 5.10 Å². The fourth-order valence-corrected chi connectivity index (χ4v) is 3.98. The third-order valence-electron chi connectivity index (χ3n) is 5.33. The number of aromatic nitrogens is 2. The van der Waals surface area contributed by atoms with Crippen LogP contribution in [0.3, 0.4) is 0 Å². The van der Waals surface area contributed by atoms with Crippen LogP contribution in [0, 0.1) is 11.3 Å². The van der Waals surface area contributed by atoms with E-state index in [1.54, 1.807) is 16.6 Å². The predicted molar refractivity (Wildman–Crippen MR) is 109 cm³/mol. The average molecular weight is 383 g/mol. The van der Waals surface area contributed by atoms with E-state index in [4.69, 9.17) is 0 Å². The highest BCUT2D eigenvalue weighted by Crippen LogP contribution is 2.35. The second-order valence-electron chi connectivity index (χ2n) is 8.12. The summed E-state index contributed by atoms with van der Waals surface area (Å²) in [5, 5.41) is 7.36. The summed E-state index contributed by atoms with van der Waals surface area (Å²) < 4.78 is 1.77. The molecule has 2 amide bonds. The number of aryl methyl sites for hydroxylation is 1. The van der Waals surface area contributed by atoms with Gasteiger partial charge in [0.05, 0.1) is 11.1 Å². The van der Waals surface area contributed by atoms with Gasteiger partial charge in [-0.1, -0.05) is 44.2 Å². The molecule has 2 heterocycles. The molecule has 0 atom stereocenters. The maximum Gasteiger partial charge on any atom is 0.272 e. The molecule has 1 fully saturated rings. The standard InChI is InChI=1S/C22H30N4O2/c1-5-26-19(12-18(24-26)11-16(2)3)20(27)25-14-22(15-25,21(28)23-4)13-17-9-7-6-8-10-17/h6-10,12,16H,5,11,13-15H2,1-4H3,(H,23,28). The first-order valence-corrected chi connectivity index (χ1v) is 10.0. The van der Waals surface area contributed by atoms with E-state index >= 15 is 0 Å². The summed E-state index contributed by atoms with van der Waals surface area (Å²) in [6.45, 7) is 7.77. The maximum atomic E-state index is 13.1. The summed E-state index contributed by atoms with van der Waals surface area (Å²) in [6.07, 6.45) is 1.48. The van der Waals surface area contributed by atoms with Crippen LogP contribution in [-0.2, 0) is 24.2 Å². The van der Waals surface area contributed by atoms with E-state index in [0.29, 0.717) is 37.7 Å². The number of carbonyl (C=O) groups excluding carboxylic acids is 2. The lowest BCUT2D eigenvalue weighted by Crippen LogP contribution is -2.65. The maximum absolute atomic E-state index is 13.1. The van der Waals surface area contributed by atoms with Gasteiger partial charge in [0, 0.05) is 26.7 Å². The molecule has 0 aliphatic carbocycles. The van der Waals surface area contributed by atoms with Gasteiger partial charge in [-0.3, -0.25) is 14.3 Å². The smallest absolute Gasteiger partial charge is 0.272 e. The van der Waals surface area contributed by atoms with Gasteiger partial charge in [-0.25, -0.2) is 0 Å². The average Bonchev–Trinajstić information content (AvgIpc) is 3.06. The molecule has 0 radical (unpaired) electrons. The first-order valence-electron chi connectivity index (χ1n) is 10.0. The zero-order valence-corrected chi connectivity index (χ0v) is 17.2. The van der Waals surface area contributed by atoms with E-state index < -0.39 is 5.41 Å². The lowest BCUT2D eigenvalue weighted by Gasteiger charge is -2.48. The largest absolute Gasteiger partial charge is 0.359 e. The van der Waals surface area contributed by atoms with Crippen LogP contribution in [0.4, 0.5) is 0 Å². The highest BCUT2D eigenvalue weighted by atomic mass is 16.2. The molecule has 0 bridgehead atoms. The summed E-state index contributed by atoms with van der Waals surface area (Å²) in [7, 11) is 1.66. The predicted octanol–water partition coefficient (Wildman–Crippen LogP) is 2.53. The number of benzene rings is 1. The molecule has 3 rings (SSSR count). The van der Waals surface area contributed by atoms with Gasteiger partial charge in [0.25, 0.3) is 5.91 Å². The van der Waals surface area contributed by atoms with Gasteiger partial charge in [0.2, 0.25) is 5.91 Å². The molecule has 0 unspecified atom stereocenters. The Kier molecular flexibility index (Phi) is 5.87. The summed E-state index contributed by atoms with van der Waals surface area (Å²) in [5.74, 6) is 0.431. The number of carbonyl (C=O) groups is 2. The van der Waals surface area contributed by atoms with E-state index in [-0.39, 0.29) is 11.8 Å². The summed E-state index contributed by atoms with van der Waals surface area (Å²) >= 11 is 0. The minimum Gasteiger partial charge on any atom is -0.359 e. The quantitative estimate of drug-likeness (QED) is 0.800. The third kappa shape index (κ3) is 3.96. The van der Waals surface area contributed by atoms with Crippen LogP contribution in [-0.4, -0.2) is 46.6 Å². The Morgan fingerprint density at radius 1 is 1.21 bits per heavy atom. The molecule has 2 aromatic rings. The first-order chi connectivity index (χ1) is 13.4. The molecule has 28 heavy (non-hydrogen) atoms. The number of nitrogens with one attached hydrogen (secondary N) is 1.